The van der Waals surface area contributed by atoms with Crippen LogP contribution in [0.25, 0.3) is 0 Å². The Kier molecular flexibility index (Phi) is 5.84. The molecule has 10 heteroatoms. The van der Waals surface area contributed by atoms with E-state index in [1.165, 1.54) is 27.7 Å². The molecule has 0 radical (unpaired) electrons. The molecule has 0 spiro atoms. The van der Waals surface area contributed by atoms with Crippen molar-refractivity contribution in [1.29, 1.82) is 0 Å². The van der Waals surface area contributed by atoms with E-state index in [-0.39, 0.29) is 6.42 Å². The van der Waals surface area contributed by atoms with Gasteiger partial charge in [-0.25, -0.2) is 0 Å². The molecule has 0 saturated carbocycles. The molecule has 138 valence electrons. The minimum absolute atomic E-state index is 0.273. The highest BCUT2D eigenvalue weighted by Crippen LogP contribution is 2.42. The maximum atomic E-state index is 12.5. The van der Waals surface area contributed by atoms with Gasteiger partial charge in [0.1, 0.15) is 0 Å². The molecule has 0 saturated heterocycles. The van der Waals surface area contributed by atoms with Gasteiger partial charge in [-0.15, -0.1) is 0 Å². The summed E-state index contributed by atoms with van der Waals surface area (Å²) in [4.78, 5) is 12.1. The van der Waals surface area contributed by atoms with Crippen molar-refractivity contribution in [3.63, 3.8) is 0 Å². The zero-order chi connectivity index (χ0) is 19.1. The van der Waals surface area contributed by atoms with Gasteiger partial charge in [-0.3, -0.25) is 4.79 Å². The van der Waals surface area contributed by atoms with Gasteiger partial charge in [0.15, 0.2) is 0 Å². The van der Waals surface area contributed by atoms with Gasteiger partial charge in [-0.05, 0) is 41.0 Å². The Balaban J connectivity index is 5.74. The number of rotatable bonds is 5. The van der Waals surface area contributed by atoms with E-state index in [1.807, 2.05) is 0 Å². The zero-order valence-corrected chi connectivity index (χ0v) is 13.5. The van der Waals surface area contributed by atoms with Crippen LogP contribution < -0.4 is 11.5 Å². The Morgan fingerprint density at radius 2 is 1.26 bits per heavy atom. The second kappa shape index (κ2) is 6.12. The quantitative estimate of drug-likeness (QED) is 0.589. The lowest BCUT2D eigenvalue weighted by atomic mass is 9.67. The number of hydrogen-bond acceptors (Lipinski definition) is 4. The van der Waals surface area contributed by atoms with Crippen LogP contribution in [0.4, 0.5) is 26.3 Å². The zero-order valence-electron chi connectivity index (χ0n) is 13.5. The second-order valence-electron chi connectivity index (χ2n) is 7.09. The second-order valence-corrected chi connectivity index (χ2v) is 7.09. The van der Waals surface area contributed by atoms with Crippen molar-refractivity contribution in [2.45, 2.75) is 70.6 Å². The number of carbonyl (C=O) groups excluding carboxylic acids is 1. The van der Waals surface area contributed by atoms with Crippen LogP contribution in [0, 0.1) is 5.41 Å². The molecule has 0 rings (SSSR count). The minimum Gasteiger partial charge on any atom is -0.442 e. The Bertz CT molecular complexity index is 420. The van der Waals surface area contributed by atoms with E-state index >= 15 is 0 Å². The molecule has 23 heavy (non-hydrogen) atoms. The van der Waals surface area contributed by atoms with Gasteiger partial charge in [0, 0.05) is 11.1 Å². The maximum Gasteiger partial charge on any atom is 0.434 e. The lowest BCUT2D eigenvalue weighted by molar-refractivity contribution is -0.316. The topological polar surface area (TPSA) is 78.3 Å². The van der Waals surface area contributed by atoms with Crippen LogP contribution in [0.5, 0.6) is 0 Å². The van der Waals surface area contributed by atoms with Crippen molar-refractivity contribution in [1.82, 2.24) is 0 Å². The van der Waals surface area contributed by atoms with Crippen molar-refractivity contribution >= 4 is 5.97 Å². The number of esters is 1. The summed E-state index contributed by atoms with van der Waals surface area (Å²) in [6.45, 7) is 6.67. The van der Waals surface area contributed by atoms with Crippen LogP contribution in [0.2, 0.25) is 0 Å². The van der Waals surface area contributed by atoms with E-state index in [2.05, 4.69) is 4.74 Å². The third kappa shape index (κ3) is 5.83. The number of hydrogen-bond donors (Lipinski definition) is 2. The Morgan fingerprint density at radius 1 is 0.913 bits per heavy atom. The van der Waals surface area contributed by atoms with Crippen molar-refractivity contribution < 1.29 is 35.9 Å². The van der Waals surface area contributed by atoms with Crippen LogP contribution >= 0.6 is 0 Å². The van der Waals surface area contributed by atoms with Crippen molar-refractivity contribution in [2.75, 3.05) is 0 Å². The first-order valence-corrected chi connectivity index (χ1v) is 6.64. The van der Waals surface area contributed by atoms with Gasteiger partial charge in [0.05, 0.1) is 5.41 Å². The average molecular weight is 352 g/mol. The normalized spacial score (nSPS) is 17.1. The van der Waals surface area contributed by atoms with Crippen LogP contribution in [-0.4, -0.2) is 35.5 Å². The summed E-state index contributed by atoms with van der Waals surface area (Å²) >= 11 is 0. The van der Waals surface area contributed by atoms with E-state index in [4.69, 9.17) is 11.5 Å². The van der Waals surface area contributed by atoms with Crippen LogP contribution in [0.1, 0.15) is 41.0 Å². The van der Waals surface area contributed by atoms with Crippen LogP contribution in [0.3, 0.4) is 0 Å². The SMILES string of the molecule is CC(C)(N)CC(C)(C(=O)OC(C(F)(F)F)C(F)(F)F)C(C)(C)N. The molecule has 0 fully saturated rings. The first kappa shape index (κ1) is 22.0. The third-order valence-corrected chi connectivity index (χ3v) is 3.50. The van der Waals surface area contributed by atoms with Gasteiger partial charge in [0.2, 0.25) is 0 Å². The Hall–Kier alpha value is -1.03. The molecule has 0 aliphatic carbocycles. The predicted octanol–water partition coefficient (Wildman–Crippen LogP) is 2.89. The third-order valence-electron chi connectivity index (χ3n) is 3.50. The molecular formula is C13H22F6N2O2. The summed E-state index contributed by atoms with van der Waals surface area (Å²) in [6, 6.07) is 0. The number of alkyl halides is 6. The van der Waals surface area contributed by atoms with Gasteiger partial charge in [-0.2, -0.15) is 26.3 Å². The molecule has 0 heterocycles. The van der Waals surface area contributed by atoms with Crippen LogP contribution in [-0.2, 0) is 9.53 Å². The highest BCUT2D eigenvalue weighted by atomic mass is 19.4. The molecule has 0 amide bonds. The molecule has 4 nitrogen and oxygen atoms in total. The van der Waals surface area contributed by atoms with E-state index in [0.29, 0.717) is 0 Å². The van der Waals surface area contributed by atoms with E-state index in [9.17, 15) is 31.1 Å². The van der Waals surface area contributed by atoms with Gasteiger partial charge in [0.25, 0.3) is 6.10 Å². The van der Waals surface area contributed by atoms with E-state index < -0.39 is 40.9 Å². The fourth-order valence-corrected chi connectivity index (χ4v) is 2.03. The van der Waals surface area contributed by atoms with E-state index in [0.717, 1.165) is 6.92 Å². The van der Waals surface area contributed by atoms with Crippen molar-refractivity contribution in [2.24, 2.45) is 16.9 Å². The van der Waals surface area contributed by atoms with Crippen molar-refractivity contribution in [3.05, 3.63) is 0 Å². The average Bonchev–Trinajstić information content (AvgIpc) is 2.17. The Morgan fingerprint density at radius 3 is 1.48 bits per heavy atom. The predicted molar refractivity (Wildman–Crippen MR) is 71.2 cm³/mol. The summed E-state index contributed by atoms with van der Waals surface area (Å²) in [7, 11) is 0. The molecule has 4 N–H and O–H groups in total. The minimum atomic E-state index is -5.79. The first-order valence-electron chi connectivity index (χ1n) is 6.64. The van der Waals surface area contributed by atoms with E-state index in [1.54, 1.807) is 0 Å². The summed E-state index contributed by atoms with van der Waals surface area (Å²) < 4.78 is 79.1. The van der Waals surface area contributed by atoms with Crippen LogP contribution in [0.15, 0.2) is 0 Å². The largest absolute Gasteiger partial charge is 0.442 e. The molecule has 0 aliphatic rings. The Labute approximate surface area is 130 Å². The number of ether oxygens (including phenoxy) is 1. The van der Waals surface area contributed by atoms with Gasteiger partial charge < -0.3 is 16.2 Å². The number of halogens is 6. The number of nitrogens with two attached hydrogens (primary N) is 2. The fraction of sp³-hybridized carbons (Fsp3) is 0.923. The summed E-state index contributed by atoms with van der Waals surface area (Å²) in [5.74, 6) is -1.71. The lowest BCUT2D eigenvalue weighted by Gasteiger charge is -2.43. The summed E-state index contributed by atoms with van der Waals surface area (Å²) in [5.41, 5.74) is 7.14. The molecule has 0 aromatic rings. The lowest BCUT2D eigenvalue weighted by Crippen LogP contribution is -2.60. The standard InChI is InChI=1S/C13H22F6N2O2/c1-9(2,20)6-11(5,10(3,4)21)8(22)23-7(12(14,15)16)13(17,18)19/h7H,6,20-21H2,1-5H3. The van der Waals surface area contributed by atoms with Gasteiger partial charge >= 0.3 is 18.3 Å². The molecule has 0 aromatic carbocycles. The number of carbonyl (C=O) groups is 1. The molecule has 1 atom stereocenters. The fourth-order valence-electron chi connectivity index (χ4n) is 2.03. The molecule has 1 unspecified atom stereocenters. The summed E-state index contributed by atoms with van der Waals surface area (Å²) in [5, 5.41) is 0. The van der Waals surface area contributed by atoms with Gasteiger partial charge in [-0.1, -0.05) is 0 Å². The molecule has 0 aromatic heterocycles. The molecule has 0 bridgehead atoms. The smallest absolute Gasteiger partial charge is 0.434 e. The highest BCUT2D eigenvalue weighted by molar-refractivity contribution is 5.78. The highest BCUT2D eigenvalue weighted by Gasteiger charge is 2.61. The first-order chi connectivity index (χ1) is 9.72. The maximum absolute atomic E-state index is 12.5. The molecular weight excluding hydrogens is 330 g/mol. The monoisotopic (exact) mass is 352 g/mol. The summed E-state index contributed by atoms with van der Waals surface area (Å²) in [6.07, 6.45) is -16.1. The molecule has 0 aliphatic heterocycles. The van der Waals surface area contributed by atoms with Crippen molar-refractivity contribution in [3.8, 4) is 0 Å².